The van der Waals surface area contributed by atoms with Crippen molar-refractivity contribution < 1.29 is 19.4 Å². The predicted molar refractivity (Wildman–Crippen MR) is 113 cm³/mol. The van der Waals surface area contributed by atoms with Crippen LogP contribution in [-0.2, 0) is 10.3 Å². The van der Waals surface area contributed by atoms with E-state index in [4.69, 9.17) is 16.3 Å². The lowest BCUT2D eigenvalue weighted by molar-refractivity contribution is 0.0494. The Morgan fingerprint density at radius 2 is 1.79 bits per heavy atom. The van der Waals surface area contributed by atoms with Crippen LogP contribution >= 0.6 is 11.6 Å². The summed E-state index contributed by atoms with van der Waals surface area (Å²) in [7, 11) is 0. The van der Waals surface area contributed by atoms with E-state index in [1.54, 1.807) is 12.1 Å². The fraction of sp³-hybridized carbons (Fsp3) is 0.391. The Balaban J connectivity index is 1.84. The molecule has 0 saturated heterocycles. The Labute approximate surface area is 176 Å². The molecular formula is C23H26ClNO4. The number of aromatic carboxylic acids is 1. The van der Waals surface area contributed by atoms with E-state index >= 15 is 0 Å². The number of halogens is 1. The maximum atomic E-state index is 12.2. The zero-order valence-corrected chi connectivity index (χ0v) is 17.8. The minimum Gasteiger partial charge on any atom is -0.478 e. The van der Waals surface area contributed by atoms with Gasteiger partial charge in [-0.1, -0.05) is 48.9 Å². The van der Waals surface area contributed by atoms with Gasteiger partial charge in [0.1, 0.15) is 5.60 Å². The molecule has 1 saturated carbocycles. The highest BCUT2D eigenvalue weighted by atomic mass is 35.5. The molecule has 0 aromatic heterocycles. The van der Waals surface area contributed by atoms with Crippen molar-refractivity contribution in [1.82, 2.24) is 5.32 Å². The lowest BCUT2D eigenvalue weighted by Gasteiger charge is -2.24. The van der Waals surface area contributed by atoms with Gasteiger partial charge in [0.05, 0.1) is 11.1 Å². The Kier molecular flexibility index (Phi) is 5.63. The topological polar surface area (TPSA) is 75.6 Å². The maximum absolute atomic E-state index is 12.2. The molecule has 1 fully saturated rings. The van der Waals surface area contributed by atoms with Gasteiger partial charge in [-0.15, -0.1) is 0 Å². The number of carbonyl (C=O) groups is 2. The number of carbonyl (C=O) groups excluding carboxylic acids is 1. The summed E-state index contributed by atoms with van der Waals surface area (Å²) in [5.74, 6) is -1.14. The van der Waals surface area contributed by atoms with Crippen LogP contribution in [-0.4, -0.2) is 22.8 Å². The second-order valence-corrected chi connectivity index (χ2v) is 8.97. The van der Waals surface area contributed by atoms with E-state index in [9.17, 15) is 14.7 Å². The van der Waals surface area contributed by atoms with Crippen molar-refractivity contribution >= 4 is 23.7 Å². The number of hydrogen-bond acceptors (Lipinski definition) is 3. The molecule has 154 valence electrons. The summed E-state index contributed by atoms with van der Waals surface area (Å²) in [6.07, 6.45) is 1.19. The number of benzene rings is 2. The van der Waals surface area contributed by atoms with Crippen molar-refractivity contribution in [3.63, 3.8) is 0 Å². The molecule has 0 bridgehead atoms. The molecule has 0 spiro atoms. The van der Waals surface area contributed by atoms with Crippen molar-refractivity contribution in [2.24, 2.45) is 0 Å². The minimum atomic E-state index is -0.960. The van der Waals surface area contributed by atoms with E-state index in [-0.39, 0.29) is 11.5 Å². The van der Waals surface area contributed by atoms with Gasteiger partial charge < -0.3 is 15.2 Å². The summed E-state index contributed by atoms with van der Waals surface area (Å²) >= 11 is 6.59. The van der Waals surface area contributed by atoms with Crippen molar-refractivity contribution in [1.29, 1.82) is 0 Å². The minimum absolute atomic E-state index is 0.183. The second-order valence-electron chi connectivity index (χ2n) is 8.56. The summed E-state index contributed by atoms with van der Waals surface area (Å²) < 4.78 is 5.38. The molecule has 1 aliphatic rings. The third kappa shape index (κ3) is 4.73. The van der Waals surface area contributed by atoms with Gasteiger partial charge in [-0.05, 0) is 62.4 Å². The van der Waals surface area contributed by atoms with Crippen LogP contribution in [0, 0.1) is 0 Å². The molecule has 1 amide bonds. The third-order valence-corrected chi connectivity index (χ3v) is 5.49. The van der Waals surface area contributed by atoms with Crippen LogP contribution in [0.15, 0.2) is 42.5 Å². The van der Waals surface area contributed by atoms with E-state index in [0.29, 0.717) is 10.6 Å². The number of amides is 1. The molecule has 2 N–H and O–H groups in total. The van der Waals surface area contributed by atoms with Gasteiger partial charge in [0.15, 0.2) is 0 Å². The van der Waals surface area contributed by atoms with Gasteiger partial charge in [0.2, 0.25) is 0 Å². The SMILES string of the molecule is CC(c1ccc(C2(NC(=O)OC(C)(C)C)CC2)cc1Cl)c1ccccc1C(=O)O. The molecule has 0 radical (unpaired) electrons. The third-order valence-electron chi connectivity index (χ3n) is 5.17. The van der Waals surface area contributed by atoms with Gasteiger partial charge in [-0.2, -0.15) is 0 Å². The molecular weight excluding hydrogens is 390 g/mol. The van der Waals surface area contributed by atoms with E-state index < -0.39 is 23.2 Å². The van der Waals surface area contributed by atoms with Crippen LogP contribution in [0.3, 0.4) is 0 Å². The van der Waals surface area contributed by atoms with Gasteiger partial charge >= 0.3 is 12.1 Å². The van der Waals surface area contributed by atoms with E-state index in [1.165, 1.54) is 0 Å². The molecule has 2 aromatic rings. The fourth-order valence-corrected chi connectivity index (χ4v) is 3.87. The van der Waals surface area contributed by atoms with Crippen molar-refractivity contribution in [3.05, 3.63) is 69.7 Å². The first-order valence-corrected chi connectivity index (χ1v) is 10.0. The molecule has 3 rings (SSSR count). The number of carboxylic acid groups (broad SMARTS) is 1. The normalized spacial score (nSPS) is 16.0. The van der Waals surface area contributed by atoms with Crippen LogP contribution in [0.5, 0.6) is 0 Å². The van der Waals surface area contributed by atoms with Crippen molar-refractivity contribution in [2.45, 2.75) is 57.6 Å². The standard InChI is InChI=1S/C23H26ClNO4/c1-14(16-7-5-6-8-18(16)20(26)27)17-10-9-15(13-19(17)24)23(11-12-23)25-21(28)29-22(2,3)4/h5-10,13-14H,11-12H2,1-4H3,(H,25,28)(H,26,27). The highest BCUT2D eigenvalue weighted by Crippen LogP contribution is 2.47. The number of hydrogen-bond donors (Lipinski definition) is 2. The number of rotatable bonds is 5. The van der Waals surface area contributed by atoms with Gasteiger partial charge in [-0.3, -0.25) is 0 Å². The average Bonchev–Trinajstić information content (AvgIpc) is 3.40. The predicted octanol–water partition coefficient (Wildman–Crippen LogP) is 5.70. The van der Waals surface area contributed by atoms with Crippen LogP contribution in [0.1, 0.15) is 73.5 Å². The van der Waals surface area contributed by atoms with Crippen LogP contribution in [0.4, 0.5) is 4.79 Å². The van der Waals surface area contributed by atoms with Gasteiger partial charge in [0, 0.05) is 10.9 Å². The Bertz CT molecular complexity index is 944. The molecule has 2 aromatic carbocycles. The second kappa shape index (κ2) is 7.71. The molecule has 1 aliphatic carbocycles. The molecule has 1 atom stereocenters. The fourth-order valence-electron chi connectivity index (χ4n) is 3.52. The molecule has 0 aliphatic heterocycles. The zero-order chi connectivity index (χ0) is 21.4. The highest BCUT2D eigenvalue weighted by Gasteiger charge is 2.46. The first-order valence-electron chi connectivity index (χ1n) is 9.66. The molecule has 0 heterocycles. The Morgan fingerprint density at radius 1 is 1.14 bits per heavy atom. The average molecular weight is 416 g/mol. The molecule has 1 unspecified atom stereocenters. The van der Waals surface area contributed by atoms with Crippen molar-refractivity contribution in [2.75, 3.05) is 0 Å². The number of carboxylic acids is 1. The van der Waals surface area contributed by atoms with Crippen LogP contribution in [0.2, 0.25) is 5.02 Å². The Hall–Kier alpha value is -2.53. The van der Waals surface area contributed by atoms with E-state index in [0.717, 1.165) is 24.0 Å². The zero-order valence-electron chi connectivity index (χ0n) is 17.1. The van der Waals surface area contributed by atoms with E-state index in [2.05, 4.69) is 5.32 Å². The van der Waals surface area contributed by atoms with Gasteiger partial charge in [-0.25, -0.2) is 9.59 Å². The maximum Gasteiger partial charge on any atom is 0.408 e. The summed E-state index contributed by atoms with van der Waals surface area (Å²) in [5, 5.41) is 13.0. The summed E-state index contributed by atoms with van der Waals surface area (Å²) in [6, 6.07) is 12.7. The van der Waals surface area contributed by atoms with Gasteiger partial charge in [0.25, 0.3) is 0 Å². The first kappa shape index (κ1) is 21.2. The number of ether oxygens (including phenoxy) is 1. The summed E-state index contributed by atoms with van der Waals surface area (Å²) in [4.78, 5) is 23.8. The Morgan fingerprint density at radius 3 is 2.34 bits per heavy atom. The van der Waals surface area contributed by atoms with Crippen LogP contribution < -0.4 is 5.32 Å². The lowest BCUT2D eigenvalue weighted by Crippen LogP contribution is -2.39. The summed E-state index contributed by atoms with van der Waals surface area (Å²) in [5.41, 5.74) is 1.74. The highest BCUT2D eigenvalue weighted by molar-refractivity contribution is 6.31. The molecule has 5 nitrogen and oxygen atoms in total. The van der Waals surface area contributed by atoms with E-state index in [1.807, 2.05) is 58.0 Å². The largest absolute Gasteiger partial charge is 0.478 e. The van der Waals surface area contributed by atoms with Crippen molar-refractivity contribution in [3.8, 4) is 0 Å². The number of alkyl carbamates (subject to hydrolysis) is 1. The molecule has 6 heteroatoms. The van der Waals surface area contributed by atoms with Crippen LogP contribution in [0.25, 0.3) is 0 Å². The number of nitrogens with one attached hydrogen (secondary N) is 1. The summed E-state index contributed by atoms with van der Waals surface area (Å²) in [6.45, 7) is 7.42. The first-order chi connectivity index (χ1) is 13.5. The molecule has 29 heavy (non-hydrogen) atoms. The monoisotopic (exact) mass is 415 g/mol. The quantitative estimate of drug-likeness (QED) is 0.656. The smallest absolute Gasteiger partial charge is 0.408 e. The lowest BCUT2D eigenvalue weighted by atomic mass is 9.88.